The minimum atomic E-state index is -0.161. The Balaban J connectivity index is 1.46. The van der Waals surface area contributed by atoms with Gasteiger partial charge < -0.3 is 19.0 Å². The monoisotopic (exact) mass is 305 g/mol. The van der Waals surface area contributed by atoms with Crippen LogP contribution >= 0.6 is 0 Å². The molecule has 0 bridgehead atoms. The van der Waals surface area contributed by atoms with Gasteiger partial charge >= 0.3 is 0 Å². The average molecular weight is 305 g/mol. The number of aliphatic hydroxyl groups is 1. The summed E-state index contributed by atoms with van der Waals surface area (Å²) < 4.78 is 16.5. The summed E-state index contributed by atoms with van der Waals surface area (Å²) in [6, 6.07) is 5.98. The number of aliphatic hydroxyl groups excluding tert-OH is 1. The Morgan fingerprint density at radius 1 is 1.36 bits per heavy atom. The molecule has 1 N–H and O–H groups in total. The molecule has 0 radical (unpaired) electrons. The van der Waals surface area contributed by atoms with Crippen molar-refractivity contribution in [3.8, 4) is 5.75 Å². The third-order valence-corrected chi connectivity index (χ3v) is 4.17. The van der Waals surface area contributed by atoms with Gasteiger partial charge in [0.25, 0.3) is 0 Å². The lowest BCUT2D eigenvalue weighted by atomic mass is 10.1. The van der Waals surface area contributed by atoms with Crippen LogP contribution in [0.4, 0.5) is 0 Å². The maximum absolute atomic E-state index is 9.47. The number of fused-ring (bicyclic) bond motifs is 1. The van der Waals surface area contributed by atoms with Crippen LogP contribution in [-0.2, 0) is 11.2 Å². The fourth-order valence-corrected chi connectivity index (χ4v) is 2.92. The van der Waals surface area contributed by atoms with Crippen LogP contribution < -0.4 is 4.74 Å². The van der Waals surface area contributed by atoms with Crippen molar-refractivity contribution in [1.29, 1.82) is 0 Å². The van der Waals surface area contributed by atoms with Gasteiger partial charge in [0.1, 0.15) is 11.3 Å². The first-order valence-electron chi connectivity index (χ1n) is 7.78. The Kier molecular flexibility index (Phi) is 4.97. The number of benzene rings is 1. The lowest BCUT2D eigenvalue weighted by Crippen LogP contribution is -2.26. The normalized spacial score (nSPS) is 19.1. The largest absolute Gasteiger partial charge is 0.496 e. The zero-order valence-electron chi connectivity index (χ0n) is 13.0. The predicted octanol–water partition coefficient (Wildman–Crippen LogP) is 2.07. The lowest BCUT2D eigenvalue weighted by Gasteiger charge is -2.15. The fourth-order valence-electron chi connectivity index (χ4n) is 2.92. The van der Waals surface area contributed by atoms with Crippen molar-refractivity contribution in [1.82, 2.24) is 4.90 Å². The molecule has 120 valence electrons. The van der Waals surface area contributed by atoms with Crippen molar-refractivity contribution < 1.29 is 19.0 Å². The van der Waals surface area contributed by atoms with Gasteiger partial charge in [-0.1, -0.05) is 0 Å². The lowest BCUT2D eigenvalue weighted by molar-refractivity contribution is 0.106. The first kappa shape index (κ1) is 15.3. The van der Waals surface area contributed by atoms with Crippen molar-refractivity contribution >= 4 is 11.0 Å². The van der Waals surface area contributed by atoms with Gasteiger partial charge in [-0.05, 0) is 30.5 Å². The second kappa shape index (κ2) is 7.13. The van der Waals surface area contributed by atoms with Crippen LogP contribution in [0.5, 0.6) is 5.75 Å². The molecule has 3 rings (SSSR count). The number of nitrogens with zero attached hydrogens (tertiary/aromatic N) is 1. The van der Waals surface area contributed by atoms with E-state index in [0.717, 1.165) is 54.8 Å². The van der Waals surface area contributed by atoms with Crippen molar-refractivity contribution in [3.05, 3.63) is 30.0 Å². The summed E-state index contributed by atoms with van der Waals surface area (Å²) in [6.07, 6.45) is 3.22. The minimum absolute atomic E-state index is 0.161. The Bertz CT molecular complexity index is 610. The zero-order valence-corrected chi connectivity index (χ0v) is 13.0. The minimum Gasteiger partial charge on any atom is -0.496 e. The number of furan rings is 1. The smallest absolute Gasteiger partial charge is 0.137 e. The van der Waals surface area contributed by atoms with Crippen molar-refractivity contribution in [2.45, 2.75) is 18.9 Å². The molecule has 2 heterocycles. The van der Waals surface area contributed by atoms with Gasteiger partial charge in [-0.3, -0.25) is 4.90 Å². The molecule has 5 heteroatoms. The molecule has 0 aliphatic carbocycles. The summed E-state index contributed by atoms with van der Waals surface area (Å²) in [6.45, 7) is 3.98. The second-order valence-corrected chi connectivity index (χ2v) is 5.73. The molecular weight excluding hydrogens is 282 g/mol. The number of likely N-dealkylation sites (tertiary alicyclic amines) is 1. The van der Waals surface area contributed by atoms with E-state index >= 15 is 0 Å². The highest BCUT2D eigenvalue weighted by Crippen LogP contribution is 2.27. The summed E-state index contributed by atoms with van der Waals surface area (Å²) in [7, 11) is 1.67. The molecule has 1 aromatic carbocycles. The van der Waals surface area contributed by atoms with Crippen LogP contribution in [0.25, 0.3) is 11.0 Å². The Morgan fingerprint density at radius 2 is 2.27 bits per heavy atom. The molecule has 2 aromatic rings. The van der Waals surface area contributed by atoms with E-state index in [1.165, 1.54) is 0 Å². The van der Waals surface area contributed by atoms with Crippen LogP contribution in [0.15, 0.2) is 28.9 Å². The van der Waals surface area contributed by atoms with Gasteiger partial charge in [-0.15, -0.1) is 0 Å². The van der Waals surface area contributed by atoms with E-state index in [9.17, 15) is 5.11 Å². The molecule has 1 fully saturated rings. The standard InChI is InChI=1S/C17H23NO4/c1-20-16-11-17-14(4-8-22-17)10-13(16)3-7-21-9-6-18-5-2-15(19)12-18/h4,8,10-11,15,19H,2-3,5-7,9,12H2,1H3. The number of hydrogen-bond donors (Lipinski definition) is 1. The molecule has 0 amide bonds. The van der Waals surface area contributed by atoms with E-state index in [2.05, 4.69) is 11.0 Å². The third kappa shape index (κ3) is 3.61. The zero-order chi connectivity index (χ0) is 15.4. The quantitative estimate of drug-likeness (QED) is 0.794. The van der Waals surface area contributed by atoms with E-state index in [4.69, 9.17) is 13.9 Å². The number of ether oxygens (including phenoxy) is 2. The van der Waals surface area contributed by atoms with Gasteiger partial charge in [-0.2, -0.15) is 0 Å². The Hall–Kier alpha value is -1.56. The fraction of sp³-hybridized carbons (Fsp3) is 0.529. The summed E-state index contributed by atoms with van der Waals surface area (Å²) in [5.41, 5.74) is 1.97. The molecule has 1 unspecified atom stereocenters. The van der Waals surface area contributed by atoms with Crippen molar-refractivity contribution in [2.24, 2.45) is 0 Å². The van der Waals surface area contributed by atoms with E-state index in [1.54, 1.807) is 13.4 Å². The van der Waals surface area contributed by atoms with Crippen molar-refractivity contribution in [3.63, 3.8) is 0 Å². The highest BCUT2D eigenvalue weighted by atomic mass is 16.5. The molecule has 1 saturated heterocycles. The van der Waals surface area contributed by atoms with E-state index < -0.39 is 0 Å². The number of hydrogen-bond acceptors (Lipinski definition) is 5. The third-order valence-electron chi connectivity index (χ3n) is 4.17. The molecular formula is C17H23NO4. The Labute approximate surface area is 130 Å². The first-order chi connectivity index (χ1) is 10.8. The van der Waals surface area contributed by atoms with Gasteiger partial charge in [0.2, 0.25) is 0 Å². The van der Waals surface area contributed by atoms with Gasteiger partial charge in [0, 0.05) is 31.1 Å². The summed E-state index contributed by atoms with van der Waals surface area (Å²) in [4.78, 5) is 2.24. The molecule has 0 spiro atoms. The average Bonchev–Trinajstić information content (AvgIpc) is 3.14. The molecule has 1 aliphatic heterocycles. The summed E-state index contributed by atoms with van der Waals surface area (Å²) in [5, 5.41) is 10.6. The topological polar surface area (TPSA) is 55.1 Å². The number of methoxy groups -OCH3 is 1. The highest BCUT2D eigenvalue weighted by Gasteiger charge is 2.19. The van der Waals surface area contributed by atoms with Crippen LogP contribution in [-0.4, -0.2) is 56.1 Å². The van der Waals surface area contributed by atoms with E-state index in [1.807, 2.05) is 12.1 Å². The molecule has 22 heavy (non-hydrogen) atoms. The second-order valence-electron chi connectivity index (χ2n) is 5.73. The van der Waals surface area contributed by atoms with Crippen LogP contribution in [0.1, 0.15) is 12.0 Å². The van der Waals surface area contributed by atoms with Gasteiger partial charge in [0.15, 0.2) is 0 Å². The number of rotatable bonds is 7. The van der Waals surface area contributed by atoms with Gasteiger partial charge in [-0.25, -0.2) is 0 Å². The maximum atomic E-state index is 9.47. The SMILES string of the molecule is COc1cc2occc2cc1CCOCCN1CCC(O)C1. The predicted molar refractivity (Wildman–Crippen MR) is 84.4 cm³/mol. The molecule has 1 atom stereocenters. The maximum Gasteiger partial charge on any atom is 0.137 e. The van der Waals surface area contributed by atoms with E-state index in [-0.39, 0.29) is 6.10 Å². The molecule has 0 saturated carbocycles. The molecule has 1 aromatic heterocycles. The van der Waals surface area contributed by atoms with Gasteiger partial charge in [0.05, 0.1) is 32.7 Å². The van der Waals surface area contributed by atoms with E-state index in [0.29, 0.717) is 13.2 Å². The molecule has 5 nitrogen and oxygen atoms in total. The van der Waals surface area contributed by atoms with Crippen LogP contribution in [0.3, 0.4) is 0 Å². The highest BCUT2D eigenvalue weighted by molar-refractivity contribution is 5.80. The Morgan fingerprint density at radius 3 is 3.05 bits per heavy atom. The summed E-state index contributed by atoms with van der Waals surface area (Å²) >= 11 is 0. The van der Waals surface area contributed by atoms with Crippen LogP contribution in [0, 0.1) is 0 Å². The van der Waals surface area contributed by atoms with Crippen LogP contribution in [0.2, 0.25) is 0 Å². The summed E-state index contributed by atoms with van der Waals surface area (Å²) in [5.74, 6) is 0.841. The first-order valence-corrected chi connectivity index (χ1v) is 7.78. The van der Waals surface area contributed by atoms with Crippen molar-refractivity contribution in [2.75, 3.05) is 40.0 Å². The molecule has 1 aliphatic rings. The number of β-amino-alcohol motifs (C(OH)–C–C–N with tert-alkyl or cyclic N) is 1.